The van der Waals surface area contributed by atoms with E-state index in [1.54, 1.807) is 6.07 Å². The second-order valence-electron chi connectivity index (χ2n) is 2.98. The molecule has 1 aromatic rings. The molecular weight excluding hydrogens is 216 g/mol. The topological polar surface area (TPSA) is 35.5 Å². The molecule has 0 amide bonds. The molecule has 0 fully saturated rings. The first-order chi connectivity index (χ1) is 7.17. The fourth-order valence-corrected chi connectivity index (χ4v) is 1.33. The maximum atomic E-state index is 10.8. The molecule has 0 aliphatic rings. The van der Waals surface area contributed by atoms with Crippen molar-refractivity contribution < 1.29 is 14.3 Å². The van der Waals surface area contributed by atoms with Gasteiger partial charge in [0.05, 0.1) is 12.1 Å². The summed E-state index contributed by atoms with van der Waals surface area (Å²) in [5, 5.41) is 0.512. The van der Waals surface area contributed by atoms with Gasteiger partial charge >= 0.3 is 5.97 Å². The predicted molar refractivity (Wildman–Crippen MR) is 58.3 cm³/mol. The van der Waals surface area contributed by atoms with Crippen molar-refractivity contribution in [1.29, 1.82) is 0 Å². The maximum Gasteiger partial charge on any atom is 0.343 e. The third kappa shape index (κ3) is 3.44. The Morgan fingerprint density at radius 2 is 2.20 bits per heavy atom. The lowest BCUT2D eigenvalue weighted by Crippen LogP contribution is -2.12. The molecule has 0 unspecified atom stereocenters. The van der Waals surface area contributed by atoms with E-state index in [0.29, 0.717) is 10.8 Å². The smallest absolute Gasteiger partial charge is 0.343 e. The molecule has 0 saturated heterocycles. The van der Waals surface area contributed by atoms with Gasteiger partial charge in [0.15, 0.2) is 6.61 Å². The molecule has 0 atom stereocenters. The zero-order valence-electron chi connectivity index (χ0n) is 8.75. The summed E-state index contributed by atoms with van der Waals surface area (Å²) in [7, 11) is 1.31. The molecule has 3 nitrogen and oxygen atoms in total. The molecule has 0 aliphatic heterocycles. The van der Waals surface area contributed by atoms with Crippen LogP contribution in [0.5, 0.6) is 5.75 Å². The number of carbonyl (C=O) groups is 1. The van der Waals surface area contributed by atoms with Crippen LogP contribution >= 0.6 is 11.6 Å². The summed E-state index contributed by atoms with van der Waals surface area (Å²) in [6.45, 7) is 1.92. The van der Waals surface area contributed by atoms with E-state index in [0.717, 1.165) is 12.0 Å². The number of ether oxygens (including phenoxy) is 2. The molecule has 0 heterocycles. The van der Waals surface area contributed by atoms with Crippen LogP contribution in [-0.4, -0.2) is 19.7 Å². The molecule has 0 aromatic heterocycles. The first-order valence-electron chi connectivity index (χ1n) is 4.65. The van der Waals surface area contributed by atoms with E-state index in [1.807, 2.05) is 19.1 Å². The van der Waals surface area contributed by atoms with E-state index < -0.39 is 5.97 Å². The SMILES string of the molecule is CCc1ccc(OCC(=O)OC)c(Cl)c1. The van der Waals surface area contributed by atoms with E-state index in [4.69, 9.17) is 16.3 Å². The molecule has 1 rings (SSSR count). The second kappa shape index (κ2) is 5.61. The summed E-state index contributed by atoms with van der Waals surface area (Å²) in [6, 6.07) is 5.50. The van der Waals surface area contributed by atoms with Crippen molar-refractivity contribution in [2.75, 3.05) is 13.7 Å². The van der Waals surface area contributed by atoms with E-state index >= 15 is 0 Å². The molecule has 0 N–H and O–H groups in total. The normalized spacial score (nSPS) is 9.80. The van der Waals surface area contributed by atoms with Gasteiger partial charge in [-0.25, -0.2) is 4.79 Å². The lowest BCUT2D eigenvalue weighted by molar-refractivity contribution is -0.142. The van der Waals surface area contributed by atoms with Crippen molar-refractivity contribution in [3.63, 3.8) is 0 Å². The standard InChI is InChI=1S/C11H13ClO3/c1-3-8-4-5-10(9(12)6-8)15-7-11(13)14-2/h4-6H,3,7H2,1-2H3. The van der Waals surface area contributed by atoms with Crippen molar-refractivity contribution in [1.82, 2.24) is 0 Å². The van der Waals surface area contributed by atoms with Gasteiger partial charge in [0.25, 0.3) is 0 Å². The molecule has 82 valence electrons. The minimum absolute atomic E-state index is 0.123. The van der Waals surface area contributed by atoms with Crippen LogP contribution in [0.3, 0.4) is 0 Å². The summed E-state index contributed by atoms with van der Waals surface area (Å²) in [5.74, 6) is 0.0740. The third-order valence-electron chi connectivity index (χ3n) is 1.98. The number of aryl methyl sites for hydroxylation is 1. The van der Waals surface area contributed by atoms with Gasteiger partial charge in [-0.3, -0.25) is 0 Å². The van der Waals surface area contributed by atoms with Crippen LogP contribution in [0.4, 0.5) is 0 Å². The van der Waals surface area contributed by atoms with E-state index in [2.05, 4.69) is 4.74 Å². The van der Waals surface area contributed by atoms with Gasteiger partial charge in [0, 0.05) is 0 Å². The lowest BCUT2D eigenvalue weighted by atomic mass is 10.2. The Kier molecular flexibility index (Phi) is 4.43. The van der Waals surface area contributed by atoms with E-state index in [9.17, 15) is 4.79 Å². The maximum absolute atomic E-state index is 10.8. The van der Waals surface area contributed by atoms with Crippen LogP contribution in [0.2, 0.25) is 5.02 Å². The van der Waals surface area contributed by atoms with Gasteiger partial charge in [-0.15, -0.1) is 0 Å². The monoisotopic (exact) mass is 228 g/mol. The second-order valence-corrected chi connectivity index (χ2v) is 3.39. The average Bonchev–Trinajstić information content (AvgIpc) is 2.26. The number of benzene rings is 1. The molecular formula is C11H13ClO3. The zero-order valence-corrected chi connectivity index (χ0v) is 9.50. The summed E-state index contributed by atoms with van der Waals surface area (Å²) >= 11 is 5.96. The average molecular weight is 229 g/mol. The summed E-state index contributed by atoms with van der Waals surface area (Å²) < 4.78 is 9.63. The molecule has 15 heavy (non-hydrogen) atoms. The number of carbonyl (C=O) groups excluding carboxylic acids is 1. The molecule has 0 saturated carbocycles. The Bertz CT molecular complexity index is 350. The van der Waals surface area contributed by atoms with Crippen molar-refractivity contribution in [3.8, 4) is 5.75 Å². The Morgan fingerprint density at radius 3 is 2.73 bits per heavy atom. The van der Waals surface area contributed by atoms with Gasteiger partial charge in [-0.2, -0.15) is 0 Å². The van der Waals surface area contributed by atoms with Crippen LogP contribution in [0.1, 0.15) is 12.5 Å². The molecule has 4 heteroatoms. The minimum atomic E-state index is -0.425. The van der Waals surface area contributed by atoms with Gasteiger partial charge in [-0.1, -0.05) is 24.6 Å². The Labute approximate surface area is 93.9 Å². The van der Waals surface area contributed by atoms with Crippen LogP contribution in [-0.2, 0) is 16.0 Å². The number of halogens is 1. The first kappa shape index (κ1) is 11.9. The molecule has 0 aliphatic carbocycles. The summed E-state index contributed by atoms with van der Waals surface area (Å²) in [4.78, 5) is 10.8. The first-order valence-corrected chi connectivity index (χ1v) is 5.03. The van der Waals surface area contributed by atoms with Gasteiger partial charge < -0.3 is 9.47 Å². The van der Waals surface area contributed by atoms with Crippen molar-refractivity contribution >= 4 is 17.6 Å². The van der Waals surface area contributed by atoms with Gasteiger partial charge in [0.1, 0.15) is 5.75 Å². The number of hydrogen-bond donors (Lipinski definition) is 0. The highest BCUT2D eigenvalue weighted by Crippen LogP contribution is 2.25. The fraction of sp³-hybridized carbons (Fsp3) is 0.364. The molecule has 1 aromatic carbocycles. The Balaban J connectivity index is 2.66. The van der Waals surface area contributed by atoms with Crippen LogP contribution < -0.4 is 4.74 Å². The lowest BCUT2D eigenvalue weighted by Gasteiger charge is -2.07. The highest BCUT2D eigenvalue weighted by molar-refractivity contribution is 6.32. The van der Waals surface area contributed by atoms with E-state index in [-0.39, 0.29) is 6.61 Å². The minimum Gasteiger partial charge on any atom is -0.480 e. The molecule has 0 radical (unpaired) electrons. The summed E-state index contributed by atoms with van der Waals surface area (Å²) in [6.07, 6.45) is 0.914. The van der Waals surface area contributed by atoms with Crippen LogP contribution in [0, 0.1) is 0 Å². The van der Waals surface area contributed by atoms with Crippen molar-refractivity contribution in [2.45, 2.75) is 13.3 Å². The quantitative estimate of drug-likeness (QED) is 0.743. The Morgan fingerprint density at radius 1 is 1.47 bits per heavy atom. The Hall–Kier alpha value is -1.22. The number of rotatable bonds is 4. The van der Waals surface area contributed by atoms with Crippen molar-refractivity contribution in [2.24, 2.45) is 0 Å². The molecule has 0 spiro atoms. The zero-order chi connectivity index (χ0) is 11.3. The third-order valence-corrected chi connectivity index (χ3v) is 2.27. The number of methoxy groups -OCH3 is 1. The summed E-state index contributed by atoms with van der Waals surface area (Å²) in [5.41, 5.74) is 1.13. The van der Waals surface area contributed by atoms with Crippen molar-refractivity contribution in [3.05, 3.63) is 28.8 Å². The number of hydrogen-bond acceptors (Lipinski definition) is 3. The highest BCUT2D eigenvalue weighted by Gasteiger charge is 2.05. The van der Waals surface area contributed by atoms with Crippen LogP contribution in [0.25, 0.3) is 0 Å². The largest absolute Gasteiger partial charge is 0.480 e. The van der Waals surface area contributed by atoms with Gasteiger partial charge in [-0.05, 0) is 24.1 Å². The predicted octanol–water partition coefficient (Wildman–Crippen LogP) is 2.45. The number of esters is 1. The molecule has 0 bridgehead atoms. The fourth-order valence-electron chi connectivity index (χ4n) is 1.08. The van der Waals surface area contributed by atoms with Gasteiger partial charge in [0.2, 0.25) is 0 Å². The highest BCUT2D eigenvalue weighted by atomic mass is 35.5. The van der Waals surface area contributed by atoms with Crippen LogP contribution in [0.15, 0.2) is 18.2 Å². The van der Waals surface area contributed by atoms with E-state index in [1.165, 1.54) is 7.11 Å².